The topological polar surface area (TPSA) is 31.2 Å². The number of hydrogen-bond donors (Lipinski definition) is 0. The fourth-order valence-corrected chi connectivity index (χ4v) is 8.13. The van der Waals surface area contributed by atoms with Crippen molar-refractivity contribution in [2.75, 3.05) is 0 Å². The van der Waals surface area contributed by atoms with E-state index in [4.69, 9.17) is 8.83 Å². The van der Waals surface area contributed by atoms with E-state index in [1.807, 2.05) is 12.1 Å². The van der Waals surface area contributed by atoms with E-state index in [2.05, 4.69) is 121 Å². The quantitative estimate of drug-likeness (QED) is 0.200. The number of hydrogen-bond acceptors (Lipinski definition) is 2. The molecule has 44 heavy (non-hydrogen) atoms. The molecule has 3 heterocycles. The molecule has 0 bridgehead atoms. The predicted molar refractivity (Wildman–Crippen MR) is 182 cm³/mol. The number of nitrogens with zero attached hydrogens (tertiary/aromatic N) is 1. The first-order valence-corrected chi connectivity index (χ1v) is 15.1. The van der Waals surface area contributed by atoms with Gasteiger partial charge in [0.05, 0.1) is 22.1 Å². The highest BCUT2D eigenvalue weighted by Gasteiger charge is 2.29. The minimum absolute atomic E-state index is 0.920. The number of para-hydroxylation sites is 3. The Bertz CT molecular complexity index is 2890. The SMILES string of the molecule is Cc1cc(-n2c3ccccc3c3c4oc5ccccc5c4ccc32)c2cccc3c2c1-c1ccc2oc4ccccc4c2c1-3. The molecular weight excluding hydrogens is 538 g/mol. The van der Waals surface area contributed by atoms with Crippen LogP contribution in [0.25, 0.3) is 104 Å². The molecule has 3 aromatic heterocycles. The van der Waals surface area contributed by atoms with E-state index in [0.29, 0.717) is 0 Å². The van der Waals surface area contributed by atoms with Crippen LogP contribution in [0.15, 0.2) is 130 Å². The summed E-state index contributed by atoms with van der Waals surface area (Å²) in [6, 6.07) is 43.5. The lowest BCUT2D eigenvalue weighted by Gasteiger charge is -2.15. The van der Waals surface area contributed by atoms with Crippen LogP contribution >= 0.6 is 0 Å². The first kappa shape index (κ1) is 22.8. The summed E-state index contributed by atoms with van der Waals surface area (Å²) in [6.45, 7) is 2.26. The summed E-state index contributed by atoms with van der Waals surface area (Å²) in [4.78, 5) is 0. The highest BCUT2D eigenvalue weighted by atomic mass is 16.3. The van der Waals surface area contributed by atoms with E-state index < -0.39 is 0 Å². The summed E-state index contributed by atoms with van der Waals surface area (Å²) in [6.07, 6.45) is 0. The molecule has 7 aromatic carbocycles. The minimum atomic E-state index is 0.920. The van der Waals surface area contributed by atoms with E-state index in [1.54, 1.807) is 0 Å². The minimum Gasteiger partial charge on any atom is -0.456 e. The zero-order valence-electron chi connectivity index (χ0n) is 23.8. The van der Waals surface area contributed by atoms with E-state index in [0.717, 1.165) is 44.0 Å². The second-order valence-electron chi connectivity index (χ2n) is 12.1. The monoisotopic (exact) mass is 561 g/mol. The molecule has 1 aliphatic rings. The van der Waals surface area contributed by atoms with Crippen molar-refractivity contribution in [2.24, 2.45) is 0 Å². The summed E-state index contributed by atoms with van der Waals surface area (Å²) in [5.41, 5.74) is 13.7. The van der Waals surface area contributed by atoms with Crippen molar-refractivity contribution in [1.29, 1.82) is 0 Å². The fraction of sp³-hybridized carbons (Fsp3) is 0.0244. The van der Waals surface area contributed by atoms with Gasteiger partial charge in [0.2, 0.25) is 0 Å². The van der Waals surface area contributed by atoms with E-state index in [-0.39, 0.29) is 0 Å². The van der Waals surface area contributed by atoms with Crippen molar-refractivity contribution in [3.05, 3.63) is 127 Å². The predicted octanol–water partition coefficient (Wildman–Crippen LogP) is 11.7. The van der Waals surface area contributed by atoms with Crippen LogP contribution < -0.4 is 0 Å². The highest BCUT2D eigenvalue weighted by molar-refractivity contribution is 6.28. The zero-order chi connectivity index (χ0) is 28.7. The summed E-state index contributed by atoms with van der Waals surface area (Å²) in [7, 11) is 0. The molecule has 0 atom stereocenters. The molecular formula is C41H23NO2. The summed E-state index contributed by atoms with van der Waals surface area (Å²) < 4.78 is 15.3. The lowest BCUT2D eigenvalue weighted by molar-refractivity contribution is 0.669. The van der Waals surface area contributed by atoms with Crippen LogP contribution in [0.5, 0.6) is 0 Å². The highest BCUT2D eigenvalue weighted by Crippen LogP contribution is 2.54. The van der Waals surface area contributed by atoms with Crippen LogP contribution in [0.1, 0.15) is 5.56 Å². The standard InChI is InChI=1S/C41H23NO2/c1-22-21-32(42-30-14-5-2-10-25(30)39-31(42)19-17-24-23-9-3-6-15-33(23)44-41(24)39)26-12-8-13-28-37(26)36(22)29-18-20-35-40(38(28)29)27-11-4-7-16-34(27)43-35/h2-21H,1H3. The lowest BCUT2D eigenvalue weighted by atomic mass is 9.96. The zero-order valence-corrected chi connectivity index (χ0v) is 23.8. The Balaban J connectivity index is 1.29. The van der Waals surface area contributed by atoms with Crippen LogP contribution in [0, 0.1) is 6.92 Å². The number of furan rings is 2. The van der Waals surface area contributed by atoms with E-state index >= 15 is 0 Å². The summed E-state index contributed by atoms with van der Waals surface area (Å²) >= 11 is 0. The van der Waals surface area contributed by atoms with Gasteiger partial charge in [0.15, 0.2) is 0 Å². The third-order valence-corrected chi connectivity index (χ3v) is 9.84. The van der Waals surface area contributed by atoms with Gasteiger partial charge in [-0.05, 0) is 83.1 Å². The first-order chi connectivity index (χ1) is 21.8. The number of fused-ring (bicyclic) bond motifs is 14. The average molecular weight is 562 g/mol. The molecule has 10 aromatic rings. The number of aromatic nitrogens is 1. The Kier molecular flexibility index (Phi) is 4.02. The Morgan fingerprint density at radius 2 is 1.20 bits per heavy atom. The molecule has 0 fully saturated rings. The van der Waals surface area contributed by atoms with Gasteiger partial charge in [-0.3, -0.25) is 0 Å². The van der Waals surface area contributed by atoms with Crippen LogP contribution in [0.3, 0.4) is 0 Å². The molecule has 0 unspecified atom stereocenters. The number of benzene rings is 7. The molecule has 0 radical (unpaired) electrons. The normalized spacial score (nSPS) is 12.7. The van der Waals surface area contributed by atoms with Crippen LogP contribution in [-0.4, -0.2) is 4.57 Å². The van der Waals surface area contributed by atoms with Crippen LogP contribution in [-0.2, 0) is 0 Å². The molecule has 3 heteroatoms. The maximum atomic E-state index is 6.57. The summed E-state index contributed by atoms with van der Waals surface area (Å²) in [5.74, 6) is 0. The molecule has 11 rings (SSSR count). The first-order valence-electron chi connectivity index (χ1n) is 15.1. The van der Waals surface area contributed by atoms with Gasteiger partial charge in [0.1, 0.15) is 22.3 Å². The van der Waals surface area contributed by atoms with Gasteiger partial charge in [-0.15, -0.1) is 0 Å². The van der Waals surface area contributed by atoms with Crippen LogP contribution in [0.2, 0.25) is 0 Å². The van der Waals surface area contributed by atoms with Gasteiger partial charge in [-0.25, -0.2) is 0 Å². The van der Waals surface area contributed by atoms with Crippen molar-refractivity contribution in [2.45, 2.75) is 6.92 Å². The van der Waals surface area contributed by atoms with Gasteiger partial charge in [0.25, 0.3) is 0 Å². The largest absolute Gasteiger partial charge is 0.456 e. The lowest BCUT2D eigenvalue weighted by Crippen LogP contribution is -1.97. The molecule has 0 aliphatic heterocycles. The van der Waals surface area contributed by atoms with Gasteiger partial charge < -0.3 is 13.4 Å². The van der Waals surface area contributed by atoms with Crippen molar-refractivity contribution in [3.63, 3.8) is 0 Å². The molecule has 3 nitrogen and oxygen atoms in total. The second kappa shape index (κ2) is 7.77. The molecule has 0 saturated carbocycles. The van der Waals surface area contributed by atoms with Gasteiger partial charge in [0, 0.05) is 37.9 Å². The third kappa shape index (κ3) is 2.61. The van der Waals surface area contributed by atoms with Crippen molar-refractivity contribution in [3.8, 4) is 27.9 Å². The second-order valence-corrected chi connectivity index (χ2v) is 12.1. The number of aryl methyl sites for hydroxylation is 1. The van der Waals surface area contributed by atoms with Crippen molar-refractivity contribution >= 4 is 76.5 Å². The molecule has 0 amide bonds. The maximum Gasteiger partial charge on any atom is 0.145 e. The Labute approximate surface area is 251 Å². The average Bonchev–Trinajstić information content (AvgIpc) is 3.80. The van der Waals surface area contributed by atoms with Gasteiger partial charge >= 0.3 is 0 Å². The van der Waals surface area contributed by atoms with Gasteiger partial charge in [-0.1, -0.05) is 72.8 Å². The fourth-order valence-electron chi connectivity index (χ4n) is 8.13. The summed E-state index contributed by atoms with van der Waals surface area (Å²) in [5, 5.41) is 9.58. The van der Waals surface area contributed by atoms with Crippen molar-refractivity contribution < 1.29 is 8.83 Å². The molecule has 204 valence electrons. The Hall–Kier alpha value is -5.80. The smallest absolute Gasteiger partial charge is 0.145 e. The molecule has 0 saturated heterocycles. The Morgan fingerprint density at radius 3 is 2.09 bits per heavy atom. The van der Waals surface area contributed by atoms with Crippen molar-refractivity contribution in [1.82, 2.24) is 4.57 Å². The maximum absolute atomic E-state index is 6.57. The van der Waals surface area contributed by atoms with E-state index in [9.17, 15) is 0 Å². The molecule has 1 aliphatic carbocycles. The Morgan fingerprint density at radius 1 is 0.455 bits per heavy atom. The molecule has 0 spiro atoms. The molecule has 0 N–H and O–H groups in total. The van der Waals surface area contributed by atoms with Crippen LogP contribution in [0.4, 0.5) is 0 Å². The third-order valence-electron chi connectivity index (χ3n) is 9.84. The van der Waals surface area contributed by atoms with E-state index in [1.165, 1.54) is 66.0 Å². The number of rotatable bonds is 1. The van der Waals surface area contributed by atoms with Gasteiger partial charge in [-0.2, -0.15) is 0 Å².